The molecule has 2 rings (SSSR count). The van der Waals surface area contributed by atoms with Crippen LogP contribution >= 0.6 is 0 Å². The van der Waals surface area contributed by atoms with Crippen molar-refractivity contribution < 1.29 is 9.15 Å². The topological polar surface area (TPSA) is 34.4 Å². The molecule has 1 saturated carbocycles. The molecule has 3 heteroatoms. The maximum atomic E-state index is 5.98. The third kappa shape index (κ3) is 5.29. The zero-order valence-electron chi connectivity index (χ0n) is 13.4. The second-order valence-electron chi connectivity index (χ2n) is 7.18. The molecule has 0 bridgehead atoms. The Morgan fingerprint density at radius 2 is 2.00 bits per heavy atom. The van der Waals surface area contributed by atoms with Gasteiger partial charge in [0.25, 0.3) is 0 Å². The summed E-state index contributed by atoms with van der Waals surface area (Å²) in [6.45, 7) is 10.2. The van der Waals surface area contributed by atoms with E-state index in [4.69, 9.17) is 9.15 Å². The third-order valence-corrected chi connectivity index (χ3v) is 3.86. The van der Waals surface area contributed by atoms with Crippen LogP contribution in [0.15, 0.2) is 16.5 Å². The molecule has 1 N–H and O–H groups in total. The van der Waals surface area contributed by atoms with Crippen LogP contribution in [0.4, 0.5) is 0 Å². The van der Waals surface area contributed by atoms with Gasteiger partial charge in [-0.05, 0) is 51.7 Å². The normalized spacial score (nSPS) is 24.0. The number of furan rings is 1. The predicted octanol–water partition coefficient (Wildman–Crippen LogP) is 4.26. The molecule has 20 heavy (non-hydrogen) atoms. The molecule has 1 aliphatic rings. The van der Waals surface area contributed by atoms with Crippen LogP contribution < -0.4 is 5.32 Å². The van der Waals surface area contributed by atoms with Gasteiger partial charge in [0.05, 0.1) is 12.6 Å². The third-order valence-electron chi connectivity index (χ3n) is 3.86. The van der Waals surface area contributed by atoms with E-state index in [1.165, 1.54) is 25.7 Å². The van der Waals surface area contributed by atoms with E-state index < -0.39 is 0 Å². The van der Waals surface area contributed by atoms with Gasteiger partial charge in [0.2, 0.25) is 0 Å². The molecule has 0 radical (unpaired) electrons. The largest absolute Gasteiger partial charge is 0.462 e. The van der Waals surface area contributed by atoms with Crippen LogP contribution in [0.5, 0.6) is 0 Å². The van der Waals surface area contributed by atoms with E-state index in [0.29, 0.717) is 12.7 Å². The molecular formula is C17H29NO2. The van der Waals surface area contributed by atoms with E-state index in [1.54, 1.807) is 0 Å². The summed E-state index contributed by atoms with van der Waals surface area (Å²) in [5.41, 5.74) is 0.113. The molecule has 0 saturated heterocycles. The van der Waals surface area contributed by atoms with E-state index in [-0.39, 0.29) is 5.54 Å². The predicted molar refractivity (Wildman–Crippen MR) is 81.5 cm³/mol. The standard InChI is InChI=1S/C17H29NO2/c1-13-6-5-7-14(10-13)19-12-16-9-8-15(20-16)11-18-17(2,3)4/h8-9,13-14,18H,5-7,10-12H2,1-4H3. The van der Waals surface area contributed by atoms with Crippen LogP contribution in [0.2, 0.25) is 0 Å². The van der Waals surface area contributed by atoms with Gasteiger partial charge in [0, 0.05) is 5.54 Å². The zero-order chi connectivity index (χ0) is 14.6. The molecule has 0 spiro atoms. The number of hydrogen-bond donors (Lipinski definition) is 1. The summed E-state index contributed by atoms with van der Waals surface area (Å²) in [5.74, 6) is 2.72. The molecule has 1 fully saturated rings. The molecule has 0 aliphatic heterocycles. The summed E-state index contributed by atoms with van der Waals surface area (Å²) in [6.07, 6.45) is 5.45. The fourth-order valence-electron chi connectivity index (χ4n) is 2.68. The minimum Gasteiger partial charge on any atom is -0.462 e. The Balaban J connectivity index is 1.75. The van der Waals surface area contributed by atoms with Crippen LogP contribution in [0.1, 0.15) is 64.9 Å². The summed E-state index contributed by atoms with van der Waals surface area (Å²) >= 11 is 0. The van der Waals surface area contributed by atoms with Crippen molar-refractivity contribution in [1.82, 2.24) is 5.32 Å². The van der Waals surface area contributed by atoms with Gasteiger partial charge in [-0.15, -0.1) is 0 Å². The molecule has 3 nitrogen and oxygen atoms in total. The lowest BCUT2D eigenvalue weighted by atomic mass is 9.89. The summed E-state index contributed by atoms with van der Waals surface area (Å²) in [4.78, 5) is 0. The Morgan fingerprint density at radius 3 is 2.70 bits per heavy atom. The average molecular weight is 279 g/mol. The van der Waals surface area contributed by atoms with Crippen LogP contribution in [0.3, 0.4) is 0 Å². The first-order valence-corrected chi connectivity index (χ1v) is 7.86. The molecule has 1 aliphatic carbocycles. The van der Waals surface area contributed by atoms with Gasteiger partial charge >= 0.3 is 0 Å². The molecule has 2 atom stereocenters. The molecule has 1 aromatic rings. The van der Waals surface area contributed by atoms with Crippen molar-refractivity contribution >= 4 is 0 Å². The Hall–Kier alpha value is -0.800. The fraction of sp³-hybridized carbons (Fsp3) is 0.765. The molecule has 2 unspecified atom stereocenters. The van der Waals surface area contributed by atoms with Gasteiger partial charge < -0.3 is 14.5 Å². The first-order chi connectivity index (χ1) is 9.42. The van der Waals surface area contributed by atoms with Gasteiger partial charge in [-0.3, -0.25) is 0 Å². The minimum absolute atomic E-state index is 0.113. The molecule has 0 amide bonds. The molecule has 0 aromatic carbocycles. The van der Waals surface area contributed by atoms with Crippen LogP contribution in [-0.2, 0) is 17.9 Å². The summed E-state index contributed by atoms with van der Waals surface area (Å²) in [5, 5.41) is 3.43. The van der Waals surface area contributed by atoms with Gasteiger partial charge in [-0.2, -0.15) is 0 Å². The maximum absolute atomic E-state index is 5.98. The molecule has 114 valence electrons. The van der Waals surface area contributed by atoms with Crippen molar-refractivity contribution in [3.63, 3.8) is 0 Å². The fourth-order valence-corrected chi connectivity index (χ4v) is 2.68. The Bertz CT molecular complexity index is 405. The van der Waals surface area contributed by atoms with Crippen LogP contribution in [0, 0.1) is 5.92 Å². The summed E-state index contributed by atoms with van der Waals surface area (Å²) in [7, 11) is 0. The molecule has 1 heterocycles. The highest BCUT2D eigenvalue weighted by Crippen LogP contribution is 2.26. The van der Waals surface area contributed by atoms with Gasteiger partial charge in [-0.25, -0.2) is 0 Å². The van der Waals surface area contributed by atoms with Crippen molar-refractivity contribution in [2.75, 3.05) is 0 Å². The second-order valence-corrected chi connectivity index (χ2v) is 7.18. The van der Waals surface area contributed by atoms with E-state index in [0.717, 1.165) is 24.0 Å². The van der Waals surface area contributed by atoms with E-state index in [2.05, 4.69) is 33.0 Å². The number of hydrogen-bond acceptors (Lipinski definition) is 3. The van der Waals surface area contributed by atoms with Crippen LogP contribution in [-0.4, -0.2) is 11.6 Å². The highest BCUT2D eigenvalue weighted by atomic mass is 16.5. The summed E-state index contributed by atoms with van der Waals surface area (Å²) < 4.78 is 11.8. The SMILES string of the molecule is CC1CCCC(OCc2ccc(CNC(C)(C)C)o2)C1. The van der Waals surface area contributed by atoms with Gasteiger partial charge in [0.15, 0.2) is 0 Å². The van der Waals surface area contributed by atoms with E-state index in [9.17, 15) is 0 Å². The van der Waals surface area contributed by atoms with Gasteiger partial charge in [0.1, 0.15) is 18.1 Å². The zero-order valence-corrected chi connectivity index (χ0v) is 13.4. The monoisotopic (exact) mass is 279 g/mol. The Labute approximate surface area is 123 Å². The number of ether oxygens (including phenoxy) is 1. The second kappa shape index (κ2) is 6.77. The van der Waals surface area contributed by atoms with Crippen molar-refractivity contribution in [2.24, 2.45) is 5.92 Å². The number of nitrogens with one attached hydrogen (secondary N) is 1. The van der Waals surface area contributed by atoms with E-state index >= 15 is 0 Å². The minimum atomic E-state index is 0.113. The highest BCUT2D eigenvalue weighted by Gasteiger charge is 2.19. The van der Waals surface area contributed by atoms with Crippen molar-refractivity contribution in [1.29, 1.82) is 0 Å². The quantitative estimate of drug-likeness (QED) is 0.874. The van der Waals surface area contributed by atoms with E-state index in [1.807, 2.05) is 12.1 Å². The van der Waals surface area contributed by atoms with Crippen molar-refractivity contribution in [3.05, 3.63) is 23.7 Å². The molecular weight excluding hydrogens is 250 g/mol. The Morgan fingerprint density at radius 1 is 1.25 bits per heavy atom. The summed E-state index contributed by atoms with van der Waals surface area (Å²) in [6, 6.07) is 4.08. The lowest BCUT2D eigenvalue weighted by Gasteiger charge is -2.26. The number of rotatable bonds is 5. The first-order valence-electron chi connectivity index (χ1n) is 7.86. The smallest absolute Gasteiger partial charge is 0.129 e. The van der Waals surface area contributed by atoms with Crippen molar-refractivity contribution in [3.8, 4) is 0 Å². The Kier molecular flexibility index (Phi) is 5.28. The first kappa shape index (κ1) is 15.6. The van der Waals surface area contributed by atoms with Crippen LogP contribution in [0.25, 0.3) is 0 Å². The average Bonchev–Trinajstić information content (AvgIpc) is 2.81. The highest BCUT2D eigenvalue weighted by molar-refractivity contribution is 5.06. The lowest BCUT2D eigenvalue weighted by molar-refractivity contribution is -0.00302. The van der Waals surface area contributed by atoms with Crippen molar-refractivity contribution in [2.45, 2.75) is 78.2 Å². The van der Waals surface area contributed by atoms with Gasteiger partial charge in [-0.1, -0.05) is 19.8 Å². The molecule has 1 aromatic heterocycles. The maximum Gasteiger partial charge on any atom is 0.129 e. The lowest BCUT2D eigenvalue weighted by Crippen LogP contribution is -2.34.